The fraction of sp³-hybridized carbons (Fsp3) is 0.500. The summed E-state index contributed by atoms with van der Waals surface area (Å²) in [4.78, 5) is 23.9. The maximum absolute atomic E-state index is 12.5. The van der Waals surface area contributed by atoms with Crippen molar-refractivity contribution in [2.45, 2.75) is 26.2 Å². The van der Waals surface area contributed by atoms with Crippen LogP contribution < -0.4 is 5.32 Å². The molecule has 2 saturated carbocycles. The maximum Gasteiger partial charge on any atom is 0.307 e. The van der Waals surface area contributed by atoms with Gasteiger partial charge in [-0.3, -0.25) is 9.59 Å². The average Bonchev–Trinajstić information content (AvgIpc) is 3.01. The number of carboxylic acid groups (broad SMARTS) is 1. The minimum absolute atomic E-state index is 0.126. The molecule has 4 atom stereocenters. The van der Waals surface area contributed by atoms with Crippen LogP contribution in [-0.4, -0.2) is 17.0 Å². The summed E-state index contributed by atoms with van der Waals surface area (Å²) in [6.07, 6.45) is 2.83. The highest BCUT2D eigenvalue weighted by molar-refractivity contribution is 5.96. The lowest BCUT2D eigenvalue weighted by Gasteiger charge is -2.27. The van der Waals surface area contributed by atoms with E-state index in [1.807, 2.05) is 31.2 Å². The minimum atomic E-state index is -0.817. The van der Waals surface area contributed by atoms with Crippen molar-refractivity contribution in [3.05, 3.63) is 29.8 Å². The molecule has 0 saturated heterocycles. The quantitative estimate of drug-likeness (QED) is 0.889. The van der Waals surface area contributed by atoms with Crippen LogP contribution in [-0.2, 0) is 9.59 Å². The molecule has 3 rings (SSSR count). The molecule has 0 heterocycles. The molecule has 2 bridgehead atoms. The fourth-order valence-electron chi connectivity index (χ4n) is 3.95. The molecule has 1 aromatic carbocycles. The highest BCUT2D eigenvalue weighted by atomic mass is 16.4. The summed E-state index contributed by atoms with van der Waals surface area (Å²) in [6, 6.07) is 7.59. The Morgan fingerprint density at radius 1 is 1.15 bits per heavy atom. The topological polar surface area (TPSA) is 66.4 Å². The number of nitrogens with one attached hydrogen (secondary N) is 1. The fourth-order valence-corrected chi connectivity index (χ4v) is 3.95. The number of aliphatic carboxylic acids is 1. The van der Waals surface area contributed by atoms with Gasteiger partial charge >= 0.3 is 5.97 Å². The molecule has 0 radical (unpaired) electrons. The number of carboxylic acids is 1. The minimum Gasteiger partial charge on any atom is -0.481 e. The second-order valence-corrected chi connectivity index (χ2v) is 6.03. The van der Waals surface area contributed by atoms with Gasteiger partial charge in [0.05, 0.1) is 11.8 Å². The van der Waals surface area contributed by atoms with E-state index in [1.165, 1.54) is 0 Å². The largest absolute Gasteiger partial charge is 0.481 e. The molecule has 1 amide bonds. The van der Waals surface area contributed by atoms with Gasteiger partial charge in [0, 0.05) is 5.69 Å². The van der Waals surface area contributed by atoms with Crippen molar-refractivity contribution in [3.63, 3.8) is 0 Å². The van der Waals surface area contributed by atoms with E-state index in [0.717, 1.165) is 30.5 Å². The molecule has 1 aromatic rings. The van der Waals surface area contributed by atoms with Crippen molar-refractivity contribution in [3.8, 4) is 0 Å². The molecule has 2 aliphatic carbocycles. The van der Waals surface area contributed by atoms with Crippen LogP contribution in [0.4, 0.5) is 5.69 Å². The zero-order valence-corrected chi connectivity index (χ0v) is 11.5. The van der Waals surface area contributed by atoms with Crippen molar-refractivity contribution in [1.29, 1.82) is 0 Å². The van der Waals surface area contributed by atoms with Crippen molar-refractivity contribution >= 4 is 17.6 Å². The number of amides is 1. The lowest BCUT2D eigenvalue weighted by molar-refractivity contribution is -0.148. The Morgan fingerprint density at radius 3 is 2.45 bits per heavy atom. The second-order valence-electron chi connectivity index (χ2n) is 6.03. The van der Waals surface area contributed by atoms with E-state index in [2.05, 4.69) is 5.32 Å². The number of hydrogen-bond acceptors (Lipinski definition) is 2. The smallest absolute Gasteiger partial charge is 0.307 e. The van der Waals surface area contributed by atoms with E-state index >= 15 is 0 Å². The number of carbonyl (C=O) groups is 2. The number of fused-ring (bicyclic) bond motifs is 2. The molecule has 0 aliphatic heterocycles. The zero-order valence-electron chi connectivity index (χ0n) is 11.5. The first-order valence-electron chi connectivity index (χ1n) is 7.17. The Bertz CT molecular complexity index is 554. The Labute approximate surface area is 118 Å². The molecule has 4 nitrogen and oxygen atoms in total. The first-order chi connectivity index (χ1) is 9.58. The Hall–Kier alpha value is -1.84. The van der Waals surface area contributed by atoms with E-state index in [4.69, 9.17) is 0 Å². The van der Waals surface area contributed by atoms with Gasteiger partial charge < -0.3 is 10.4 Å². The molecular weight excluding hydrogens is 254 g/mol. The van der Waals surface area contributed by atoms with Gasteiger partial charge in [0.15, 0.2) is 0 Å². The SMILES string of the molecule is Cc1ccccc1NC(=O)[C@H]1[C@H]2CC[C@@H](C2)[C@@H]1C(=O)O. The van der Waals surface area contributed by atoms with E-state index in [-0.39, 0.29) is 23.7 Å². The first kappa shape index (κ1) is 13.2. The average molecular weight is 273 g/mol. The first-order valence-corrected chi connectivity index (χ1v) is 7.17. The number of hydrogen-bond donors (Lipinski definition) is 2. The molecule has 4 heteroatoms. The maximum atomic E-state index is 12.5. The van der Waals surface area contributed by atoms with Gasteiger partial charge in [-0.15, -0.1) is 0 Å². The van der Waals surface area contributed by atoms with Crippen LogP contribution in [0.1, 0.15) is 24.8 Å². The number of benzene rings is 1. The summed E-state index contributed by atoms with van der Waals surface area (Å²) >= 11 is 0. The highest BCUT2D eigenvalue weighted by Crippen LogP contribution is 2.52. The van der Waals surface area contributed by atoms with Gasteiger partial charge in [-0.25, -0.2) is 0 Å². The van der Waals surface area contributed by atoms with Gasteiger partial charge in [0.25, 0.3) is 0 Å². The van der Waals surface area contributed by atoms with E-state index in [1.54, 1.807) is 0 Å². The van der Waals surface area contributed by atoms with Crippen LogP contribution >= 0.6 is 0 Å². The summed E-state index contributed by atoms with van der Waals surface area (Å²) in [5, 5.41) is 12.3. The van der Waals surface area contributed by atoms with Crippen LogP contribution in [0.3, 0.4) is 0 Å². The third-order valence-electron chi connectivity index (χ3n) is 4.91. The molecule has 0 spiro atoms. The second kappa shape index (κ2) is 4.93. The van der Waals surface area contributed by atoms with Gasteiger partial charge in [0.1, 0.15) is 0 Å². The Kier molecular flexibility index (Phi) is 3.24. The third-order valence-corrected chi connectivity index (χ3v) is 4.91. The summed E-state index contributed by atoms with van der Waals surface area (Å²) in [5.41, 5.74) is 1.78. The summed E-state index contributed by atoms with van der Waals surface area (Å²) in [6.45, 7) is 1.94. The van der Waals surface area contributed by atoms with Crippen LogP contribution in [0, 0.1) is 30.6 Å². The Morgan fingerprint density at radius 2 is 1.80 bits per heavy atom. The molecule has 106 valence electrons. The molecule has 2 fully saturated rings. The van der Waals surface area contributed by atoms with Gasteiger partial charge in [0.2, 0.25) is 5.91 Å². The zero-order chi connectivity index (χ0) is 14.3. The van der Waals surface area contributed by atoms with Gasteiger partial charge in [-0.05, 0) is 49.7 Å². The van der Waals surface area contributed by atoms with Crippen LogP contribution in [0.2, 0.25) is 0 Å². The van der Waals surface area contributed by atoms with Gasteiger partial charge in [-0.1, -0.05) is 18.2 Å². The summed E-state index contributed by atoms with van der Waals surface area (Å²) in [7, 11) is 0. The predicted molar refractivity (Wildman–Crippen MR) is 75.3 cm³/mol. The normalized spacial score (nSPS) is 31.2. The molecule has 2 aliphatic rings. The lowest BCUT2D eigenvalue weighted by Crippen LogP contribution is -2.37. The number of rotatable bonds is 3. The number of carbonyl (C=O) groups excluding carboxylic acids is 1. The van der Waals surface area contributed by atoms with Crippen molar-refractivity contribution in [1.82, 2.24) is 0 Å². The molecule has 0 aromatic heterocycles. The molecular formula is C16H19NO3. The van der Waals surface area contributed by atoms with E-state index < -0.39 is 11.9 Å². The Balaban J connectivity index is 1.80. The van der Waals surface area contributed by atoms with Crippen molar-refractivity contribution < 1.29 is 14.7 Å². The third kappa shape index (κ3) is 2.09. The van der Waals surface area contributed by atoms with E-state index in [0.29, 0.717) is 0 Å². The van der Waals surface area contributed by atoms with Crippen LogP contribution in [0.15, 0.2) is 24.3 Å². The number of para-hydroxylation sites is 1. The van der Waals surface area contributed by atoms with Crippen molar-refractivity contribution in [2.24, 2.45) is 23.7 Å². The monoisotopic (exact) mass is 273 g/mol. The van der Waals surface area contributed by atoms with Crippen LogP contribution in [0.5, 0.6) is 0 Å². The highest BCUT2D eigenvalue weighted by Gasteiger charge is 2.53. The number of aryl methyl sites for hydroxylation is 1. The molecule has 0 unspecified atom stereocenters. The summed E-state index contributed by atoms with van der Waals surface area (Å²) < 4.78 is 0. The number of anilines is 1. The molecule has 2 N–H and O–H groups in total. The van der Waals surface area contributed by atoms with E-state index in [9.17, 15) is 14.7 Å². The van der Waals surface area contributed by atoms with Crippen molar-refractivity contribution in [2.75, 3.05) is 5.32 Å². The lowest BCUT2D eigenvalue weighted by atomic mass is 9.78. The van der Waals surface area contributed by atoms with Gasteiger partial charge in [-0.2, -0.15) is 0 Å². The summed E-state index contributed by atoms with van der Waals surface area (Å²) in [5.74, 6) is -1.39. The molecule has 20 heavy (non-hydrogen) atoms. The standard InChI is InChI=1S/C16H19NO3/c1-9-4-2-3-5-12(9)17-15(18)13-10-6-7-11(8-10)14(13)16(19)20/h2-5,10-11,13-14H,6-8H2,1H3,(H,17,18)(H,19,20)/t10-,11-,13-,14-/m0/s1. The van der Waals surface area contributed by atoms with Crippen LogP contribution in [0.25, 0.3) is 0 Å². The predicted octanol–water partition coefficient (Wildman–Crippen LogP) is 2.68.